The third kappa shape index (κ3) is 5.64. The summed E-state index contributed by atoms with van der Waals surface area (Å²) < 4.78 is 10.00. The lowest BCUT2D eigenvalue weighted by atomic mass is 9.96. The van der Waals surface area contributed by atoms with Crippen LogP contribution in [0.3, 0.4) is 0 Å². The van der Waals surface area contributed by atoms with Gasteiger partial charge in [-0.2, -0.15) is 0 Å². The molecule has 3 heterocycles. The summed E-state index contributed by atoms with van der Waals surface area (Å²) in [5.74, 6) is 0.761. The van der Waals surface area contributed by atoms with Gasteiger partial charge in [-0.25, -0.2) is 9.42 Å². The molecular weight excluding hydrogens is 412 g/mol. The molecule has 1 fully saturated rings. The number of thioether (sulfide) groups is 1. The fourth-order valence-electron chi connectivity index (χ4n) is 3.91. The topological polar surface area (TPSA) is 71.7 Å². The Morgan fingerprint density at radius 1 is 1.10 bits per heavy atom. The summed E-state index contributed by atoms with van der Waals surface area (Å²) in [6, 6.07) is 9.94. The normalized spacial score (nSPS) is 16.6. The van der Waals surface area contributed by atoms with Gasteiger partial charge in [0.1, 0.15) is 6.61 Å². The molecule has 0 saturated carbocycles. The minimum absolute atomic E-state index is 0.191. The van der Waals surface area contributed by atoms with Gasteiger partial charge < -0.3 is 9.64 Å². The molecule has 1 aromatic carbocycles. The van der Waals surface area contributed by atoms with E-state index >= 15 is 0 Å². The van der Waals surface area contributed by atoms with Crippen LogP contribution >= 0.6 is 11.8 Å². The maximum Gasteiger partial charge on any atom is 0.338 e. The van der Waals surface area contributed by atoms with Gasteiger partial charge in [-0.15, -0.1) is 11.8 Å². The number of aromatic nitrogens is 2. The number of benzene rings is 1. The standard InChI is InChI=1S/C23H28N4O3S/c1-17-14-20(4-3-8-24-30-25-17)31-16-27-12-10-26(11-13-27)9-7-19-5-6-21-22(18(19)2)15-29-23(21)28/h3-6,8,14H,7,9-13,15-16H2,1-2H3. The van der Waals surface area contributed by atoms with E-state index in [-0.39, 0.29) is 5.97 Å². The molecule has 8 heteroatoms. The van der Waals surface area contributed by atoms with Crippen LogP contribution < -0.4 is 0 Å². The van der Waals surface area contributed by atoms with Gasteiger partial charge in [0.05, 0.1) is 17.5 Å². The zero-order valence-corrected chi connectivity index (χ0v) is 18.9. The summed E-state index contributed by atoms with van der Waals surface area (Å²) >= 11 is 1.81. The Morgan fingerprint density at radius 3 is 2.74 bits per heavy atom. The minimum atomic E-state index is -0.191. The van der Waals surface area contributed by atoms with Gasteiger partial charge in [0, 0.05) is 49.1 Å². The van der Waals surface area contributed by atoms with Crippen molar-refractivity contribution in [1.29, 1.82) is 0 Å². The van der Waals surface area contributed by atoms with Crippen molar-refractivity contribution in [1.82, 2.24) is 20.1 Å². The molecule has 31 heavy (non-hydrogen) atoms. The Morgan fingerprint density at radius 2 is 1.90 bits per heavy atom. The quantitative estimate of drug-likeness (QED) is 0.500. The molecule has 2 aromatic rings. The average Bonchev–Trinajstić information content (AvgIpc) is 3.19. The molecule has 0 N–H and O–H groups in total. The van der Waals surface area contributed by atoms with E-state index in [2.05, 4.69) is 33.1 Å². The number of rotatable bonds is 6. The maximum absolute atomic E-state index is 11.7. The molecule has 7 nitrogen and oxygen atoms in total. The summed E-state index contributed by atoms with van der Waals surface area (Å²) in [7, 11) is 0. The Balaban J connectivity index is 1.25. The molecule has 2 aliphatic rings. The predicted molar refractivity (Wildman–Crippen MR) is 119 cm³/mol. The van der Waals surface area contributed by atoms with E-state index in [9.17, 15) is 4.79 Å². The molecule has 1 aromatic heterocycles. The van der Waals surface area contributed by atoms with Gasteiger partial charge in [0.2, 0.25) is 0 Å². The predicted octanol–water partition coefficient (Wildman–Crippen LogP) is 3.39. The highest BCUT2D eigenvalue weighted by atomic mass is 32.2. The molecule has 1 saturated heterocycles. The third-order valence-corrected chi connectivity index (χ3v) is 6.93. The third-order valence-electron chi connectivity index (χ3n) is 5.84. The van der Waals surface area contributed by atoms with Crippen LogP contribution in [0.4, 0.5) is 0 Å². The summed E-state index contributed by atoms with van der Waals surface area (Å²) in [5.41, 5.74) is 5.13. The monoisotopic (exact) mass is 440 g/mol. The van der Waals surface area contributed by atoms with Crippen molar-refractivity contribution in [2.75, 3.05) is 38.6 Å². The fourth-order valence-corrected chi connectivity index (χ4v) is 4.93. The first-order valence-corrected chi connectivity index (χ1v) is 11.6. The smallest absolute Gasteiger partial charge is 0.338 e. The number of fused-ring (bicyclic) bond motifs is 1. The molecule has 0 spiro atoms. The Hall–Kier alpha value is -2.42. The first-order valence-electron chi connectivity index (χ1n) is 10.6. The number of esters is 1. The number of hydrogen-bond donors (Lipinski definition) is 0. The van der Waals surface area contributed by atoms with Crippen LogP contribution in [0.1, 0.15) is 32.7 Å². The number of aryl methyl sites for hydroxylation is 1. The number of cyclic esters (lactones) is 1. The first-order chi connectivity index (χ1) is 15.1. The summed E-state index contributed by atoms with van der Waals surface area (Å²) in [4.78, 5) is 17.9. The molecular formula is C23H28N4O3S. The Labute approximate surface area is 187 Å². The number of hydrogen-bond acceptors (Lipinski definition) is 8. The second-order valence-corrected chi connectivity index (χ2v) is 8.93. The fraction of sp³-hybridized carbons (Fsp3) is 0.435. The zero-order valence-electron chi connectivity index (χ0n) is 18.0. The van der Waals surface area contributed by atoms with Gasteiger partial charge in [0.25, 0.3) is 0 Å². The maximum atomic E-state index is 11.7. The van der Waals surface area contributed by atoms with Crippen molar-refractivity contribution in [3.63, 3.8) is 0 Å². The van der Waals surface area contributed by atoms with Crippen LogP contribution in [-0.4, -0.2) is 64.7 Å². The molecule has 2 aliphatic heterocycles. The molecule has 0 aliphatic carbocycles. The van der Waals surface area contributed by atoms with Crippen LogP contribution in [-0.2, 0) is 17.8 Å². The van der Waals surface area contributed by atoms with E-state index in [1.54, 1.807) is 6.20 Å². The lowest BCUT2D eigenvalue weighted by molar-refractivity contribution is 0.0535. The highest BCUT2D eigenvalue weighted by Gasteiger charge is 2.24. The Bertz CT molecular complexity index is 985. The van der Waals surface area contributed by atoms with Crippen molar-refractivity contribution < 1.29 is 14.2 Å². The SMILES string of the molecule is Cc1cc(SCN2CCN(CCc3ccc4c(c3C)COC4=O)CC2)cccnon1. The van der Waals surface area contributed by atoms with E-state index in [1.807, 2.05) is 43.0 Å². The summed E-state index contributed by atoms with van der Waals surface area (Å²) in [5, 5.41) is 7.64. The van der Waals surface area contributed by atoms with E-state index < -0.39 is 0 Å². The van der Waals surface area contributed by atoms with Crippen LogP contribution in [0.15, 0.2) is 46.1 Å². The number of carbonyl (C=O) groups is 1. The van der Waals surface area contributed by atoms with Crippen molar-refractivity contribution >= 4 is 17.7 Å². The molecule has 4 rings (SSSR count). The highest BCUT2D eigenvalue weighted by molar-refractivity contribution is 7.99. The second kappa shape index (κ2) is 10.3. The average molecular weight is 441 g/mol. The van der Waals surface area contributed by atoms with Crippen LogP contribution in [0.5, 0.6) is 0 Å². The minimum Gasteiger partial charge on any atom is -0.457 e. The largest absolute Gasteiger partial charge is 0.457 e. The molecule has 0 amide bonds. The lowest BCUT2D eigenvalue weighted by Gasteiger charge is -2.34. The van der Waals surface area contributed by atoms with Crippen molar-refractivity contribution in [3.05, 3.63) is 64.5 Å². The van der Waals surface area contributed by atoms with Crippen molar-refractivity contribution in [2.45, 2.75) is 31.8 Å². The van der Waals surface area contributed by atoms with Gasteiger partial charge in [-0.1, -0.05) is 16.4 Å². The van der Waals surface area contributed by atoms with Gasteiger partial charge in [-0.05, 0) is 55.7 Å². The van der Waals surface area contributed by atoms with E-state index in [0.29, 0.717) is 6.61 Å². The number of piperazine rings is 1. The van der Waals surface area contributed by atoms with E-state index in [1.165, 1.54) is 11.1 Å². The van der Waals surface area contributed by atoms with Crippen molar-refractivity contribution in [2.24, 2.45) is 0 Å². The molecule has 0 bridgehead atoms. The van der Waals surface area contributed by atoms with Gasteiger partial charge >= 0.3 is 5.97 Å². The molecule has 0 radical (unpaired) electrons. The van der Waals surface area contributed by atoms with E-state index in [0.717, 1.165) is 66.7 Å². The van der Waals surface area contributed by atoms with Gasteiger partial charge in [-0.3, -0.25) is 4.90 Å². The van der Waals surface area contributed by atoms with E-state index in [4.69, 9.17) is 9.37 Å². The molecule has 0 atom stereocenters. The highest BCUT2D eigenvalue weighted by Crippen LogP contribution is 2.26. The lowest BCUT2D eigenvalue weighted by Crippen LogP contribution is -2.46. The number of ether oxygens (including phenoxy) is 1. The molecule has 164 valence electrons. The Kier molecular flexibility index (Phi) is 7.21. The van der Waals surface area contributed by atoms with Gasteiger partial charge in [0.15, 0.2) is 0 Å². The summed E-state index contributed by atoms with van der Waals surface area (Å²) in [6.07, 6.45) is 2.60. The second-order valence-electron chi connectivity index (χ2n) is 7.91. The summed E-state index contributed by atoms with van der Waals surface area (Å²) in [6.45, 7) is 9.74. The van der Waals surface area contributed by atoms with Crippen LogP contribution in [0.2, 0.25) is 0 Å². The number of carbonyl (C=O) groups excluding carboxylic acids is 1. The number of nitrogens with zero attached hydrogens (tertiary/aromatic N) is 4. The zero-order chi connectivity index (χ0) is 21.6. The van der Waals surface area contributed by atoms with Crippen LogP contribution in [0.25, 0.3) is 0 Å². The molecule has 0 unspecified atom stereocenters. The first kappa shape index (κ1) is 21.8. The van der Waals surface area contributed by atoms with Crippen LogP contribution in [0, 0.1) is 13.8 Å². The van der Waals surface area contributed by atoms with Crippen molar-refractivity contribution in [3.8, 4) is 0 Å².